The SMILES string of the molecule is CC(=O)NCC1COC(=O)N1c1cccc(F)c1N1CCOCC1. The summed E-state index contributed by atoms with van der Waals surface area (Å²) in [6, 6.07) is 4.26. The number of anilines is 2. The lowest BCUT2D eigenvalue weighted by Crippen LogP contribution is -2.44. The summed E-state index contributed by atoms with van der Waals surface area (Å²) in [4.78, 5) is 26.6. The third-order valence-corrected chi connectivity index (χ3v) is 4.10. The Labute approximate surface area is 139 Å². The minimum Gasteiger partial charge on any atom is -0.447 e. The fourth-order valence-corrected chi connectivity index (χ4v) is 2.97. The van der Waals surface area contributed by atoms with E-state index in [0.717, 1.165) is 0 Å². The van der Waals surface area contributed by atoms with Crippen molar-refractivity contribution >= 4 is 23.4 Å². The van der Waals surface area contributed by atoms with Crippen molar-refractivity contribution < 1.29 is 23.5 Å². The Morgan fingerprint density at radius 2 is 2.12 bits per heavy atom. The Kier molecular flexibility index (Phi) is 4.84. The molecular weight excluding hydrogens is 317 g/mol. The lowest BCUT2D eigenvalue weighted by atomic mass is 10.1. The van der Waals surface area contributed by atoms with Crippen LogP contribution in [0.3, 0.4) is 0 Å². The maximum Gasteiger partial charge on any atom is 0.414 e. The van der Waals surface area contributed by atoms with Gasteiger partial charge in [-0.15, -0.1) is 0 Å². The van der Waals surface area contributed by atoms with Crippen LogP contribution in [0.25, 0.3) is 0 Å². The van der Waals surface area contributed by atoms with E-state index in [-0.39, 0.29) is 25.1 Å². The summed E-state index contributed by atoms with van der Waals surface area (Å²) in [5, 5.41) is 2.68. The van der Waals surface area contributed by atoms with Gasteiger partial charge in [-0.1, -0.05) is 6.07 Å². The van der Waals surface area contributed by atoms with Gasteiger partial charge < -0.3 is 19.7 Å². The second-order valence-electron chi connectivity index (χ2n) is 5.74. The van der Waals surface area contributed by atoms with E-state index in [0.29, 0.717) is 37.7 Å². The van der Waals surface area contributed by atoms with Crippen LogP contribution in [-0.2, 0) is 14.3 Å². The third-order valence-electron chi connectivity index (χ3n) is 4.10. The van der Waals surface area contributed by atoms with Gasteiger partial charge in [0, 0.05) is 26.6 Å². The standard InChI is InChI=1S/C16H20FN3O4/c1-11(21)18-9-12-10-24-16(22)20(12)14-4-2-3-13(17)15(14)19-5-7-23-8-6-19/h2-4,12H,5-10H2,1H3,(H,18,21). The monoisotopic (exact) mass is 337 g/mol. The van der Waals surface area contributed by atoms with Crippen molar-refractivity contribution in [1.82, 2.24) is 5.32 Å². The van der Waals surface area contributed by atoms with Crippen LogP contribution in [0.15, 0.2) is 18.2 Å². The highest BCUT2D eigenvalue weighted by Crippen LogP contribution is 2.35. The van der Waals surface area contributed by atoms with E-state index in [1.54, 1.807) is 12.1 Å². The van der Waals surface area contributed by atoms with Gasteiger partial charge in [-0.25, -0.2) is 9.18 Å². The van der Waals surface area contributed by atoms with Crippen LogP contribution in [0.1, 0.15) is 6.92 Å². The molecule has 3 rings (SSSR count). The molecule has 1 unspecified atom stereocenters. The molecule has 0 bridgehead atoms. The number of carbonyl (C=O) groups is 2. The Balaban J connectivity index is 1.93. The molecular formula is C16H20FN3O4. The minimum absolute atomic E-state index is 0.151. The van der Waals surface area contributed by atoms with Crippen molar-refractivity contribution in [3.63, 3.8) is 0 Å². The number of hydrogen-bond donors (Lipinski definition) is 1. The Hall–Kier alpha value is -2.35. The molecule has 0 saturated carbocycles. The Morgan fingerprint density at radius 3 is 2.83 bits per heavy atom. The van der Waals surface area contributed by atoms with E-state index >= 15 is 0 Å². The molecule has 2 heterocycles. The molecule has 2 amide bonds. The lowest BCUT2D eigenvalue weighted by Gasteiger charge is -2.33. The summed E-state index contributed by atoms with van der Waals surface area (Å²) >= 11 is 0. The van der Waals surface area contributed by atoms with Crippen LogP contribution in [0.5, 0.6) is 0 Å². The molecule has 2 aliphatic heterocycles. The number of halogens is 1. The van der Waals surface area contributed by atoms with Crippen molar-refractivity contribution in [1.29, 1.82) is 0 Å². The van der Waals surface area contributed by atoms with Gasteiger partial charge in [0.25, 0.3) is 0 Å². The summed E-state index contributed by atoms with van der Waals surface area (Å²) in [6.45, 7) is 3.92. The average Bonchev–Trinajstić information content (AvgIpc) is 2.94. The number of nitrogens with one attached hydrogen (secondary N) is 1. The number of morpholine rings is 1. The van der Waals surface area contributed by atoms with E-state index in [9.17, 15) is 14.0 Å². The van der Waals surface area contributed by atoms with Gasteiger partial charge in [0.1, 0.15) is 12.4 Å². The average molecular weight is 337 g/mol. The molecule has 0 spiro atoms. The van der Waals surface area contributed by atoms with Crippen LogP contribution in [0, 0.1) is 5.82 Å². The maximum absolute atomic E-state index is 14.5. The first-order valence-corrected chi connectivity index (χ1v) is 7.89. The Bertz CT molecular complexity index is 634. The van der Waals surface area contributed by atoms with Gasteiger partial charge in [-0.2, -0.15) is 0 Å². The molecule has 8 heteroatoms. The summed E-state index contributed by atoms with van der Waals surface area (Å²) in [7, 11) is 0. The molecule has 1 aromatic rings. The maximum atomic E-state index is 14.5. The lowest BCUT2D eigenvalue weighted by molar-refractivity contribution is -0.119. The predicted octanol–water partition coefficient (Wildman–Crippen LogP) is 1.12. The number of hydrogen-bond acceptors (Lipinski definition) is 5. The quantitative estimate of drug-likeness (QED) is 0.892. The topological polar surface area (TPSA) is 71.1 Å². The van der Waals surface area contributed by atoms with Crippen LogP contribution in [0.4, 0.5) is 20.6 Å². The number of amides is 2. The number of benzene rings is 1. The zero-order valence-corrected chi connectivity index (χ0v) is 13.5. The highest BCUT2D eigenvalue weighted by Gasteiger charge is 2.37. The molecule has 2 fully saturated rings. The molecule has 130 valence electrons. The van der Waals surface area contributed by atoms with E-state index < -0.39 is 11.9 Å². The molecule has 0 radical (unpaired) electrons. The van der Waals surface area contributed by atoms with Gasteiger partial charge >= 0.3 is 6.09 Å². The van der Waals surface area contributed by atoms with E-state index in [4.69, 9.17) is 9.47 Å². The zero-order chi connectivity index (χ0) is 17.1. The van der Waals surface area contributed by atoms with Crippen molar-refractivity contribution in [2.45, 2.75) is 13.0 Å². The van der Waals surface area contributed by atoms with Crippen molar-refractivity contribution in [2.24, 2.45) is 0 Å². The number of nitrogens with zero attached hydrogens (tertiary/aromatic N) is 2. The number of rotatable bonds is 4. The van der Waals surface area contributed by atoms with Crippen molar-refractivity contribution in [2.75, 3.05) is 49.3 Å². The van der Waals surface area contributed by atoms with Crippen molar-refractivity contribution in [3.8, 4) is 0 Å². The van der Waals surface area contributed by atoms with E-state index in [2.05, 4.69) is 5.32 Å². The summed E-state index contributed by atoms with van der Waals surface area (Å²) < 4.78 is 25.0. The zero-order valence-electron chi connectivity index (χ0n) is 13.5. The highest BCUT2D eigenvalue weighted by molar-refractivity contribution is 5.95. The molecule has 1 atom stereocenters. The molecule has 24 heavy (non-hydrogen) atoms. The van der Waals surface area contributed by atoms with E-state index in [1.165, 1.54) is 17.9 Å². The molecule has 2 saturated heterocycles. The van der Waals surface area contributed by atoms with Gasteiger partial charge in [-0.3, -0.25) is 9.69 Å². The molecule has 0 aromatic heterocycles. The second kappa shape index (κ2) is 7.04. The van der Waals surface area contributed by atoms with E-state index in [1.807, 2.05) is 4.90 Å². The van der Waals surface area contributed by atoms with Gasteiger partial charge in [0.2, 0.25) is 5.91 Å². The van der Waals surface area contributed by atoms with Gasteiger partial charge in [0.05, 0.1) is 30.6 Å². The number of cyclic esters (lactones) is 1. The smallest absolute Gasteiger partial charge is 0.414 e. The minimum atomic E-state index is -0.537. The molecule has 2 aliphatic rings. The molecule has 1 N–H and O–H groups in total. The number of carbonyl (C=O) groups excluding carboxylic acids is 2. The largest absolute Gasteiger partial charge is 0.447 e. The summed E-state index contributed by atoms with van der Waals surface area (Å²) in [5.74, 6) is -0.589. The van der Waals surface area contributed by atoms with Gasteiger partial charge in [-0.05, 0) is 12.1 Å². The molecule has 1 aromatic carbocycles. The van der Waals surface area contributed by atoms with Gasteiger partial charge in [0.15, 0.2) is 0 Å². The summed E-state index contributed by atoms with van der Waals surface area (Å²) in [5.41, 5.74) is 0.822. The van der Waals surface area contributed by atoms with Crippen LogP contribution in [-0.4, -0.2) is 57.5 Å². The first-order chi connectivity index (χ1) is 11.6. The summed E-state index contributed by atoms with van der Waals surface area (Å²) in [6.07, 6.45) is -0.537. The first-order valence-electron chi connectivity index (χ1n) is 7.89. The fourth-order valence-electron chi connectivity index (χ4n) is 2.97. The highest BCUT2D eigenvalue weighted by atomic mass is 19.1. The molecule has 0 aliphatic carbocycles. The normalized spacial score (nSPS) is 20.9. The third kappa shape index (κ3) is 3.28. The van der Waals surface area contributed by atoms with Crippen molar-refractivity contribution in [3.05, 3.63) is 24.0 Å². The van der Waals surface area contributed by atoms with Crippen LogP contribution < -0.4 is 15.1 Å². The second-order valence-corrected chi connectivity index (χ2v) is 5.74. The fraction of sp³-hybridized carbons (Fsp3) is 0.500. The number of para-hydroxylation sites is 1. The van der Waals surface area contributed by atoms with Crippen LogP contribution >= 0.6 is 0 Å². The number of ether oxygens (including phenoxy) is 2. The predicted molar refractivity (Wildman–Crippen MR) is 85.7 cm³/mol. The Morgan fingerprint density at radius 1 is 1.38 bits per heavy atom. The first kappa shape index (κ1) is 16.5. The molecule has 7 nitrogen and oxygen atoms in total. The van der Waals surface area contributed by atoms with Crippen LogP contribution in [0.2, 0.25) is 0 Å².